The van der Waals surface area contributed by atoms with Gasteiger partial charge < -0.3 is 5.32 Å². The summed E-state index contributed by atoms with van der Waals surface area (Å²) in [5.74, 6) is 0.403. The van der Waals surface area contributed by atoms with E-state index in [1.165, 1.54) is 17.0 Å². The van der Waals surface area contributed by atoms with E-state index in [9.17, 15) is 13.2 Å². The molecule has 29 heavy (non-hydrogen) atoms. The number of rotatable bonds is 5. The van der Waals surface area contributed by atoms with E-state index in [1.54, 1.807) is 30.3 Å². The normalized spacial score (nSPS) is 12.0. The number of carbonyl (C=O) groups is 1. The van der Waals surface area contributed by atoms with E-state index in [2.05, 4.69) is 20.6 Å². The number of benzene rings is 1. The highest BCUT2D eigenvalue weighted by atomic mass is 32.2. The van der Waals surface area contributed by atoms with E-state index >= 15 is 0 Å². The Bertz CT molecular complexity index is 1130. The summed E-state index contributed by atoms with van der Waals surface area (Å²) < 4.78 is 28.6. The maximum Gasteiger partial charge on any atom is 0.344 e. The average Bonchev–Trinajstić information content (AvgIpc) is 3.16. The SMILES string of the molecule is CC(C)(C)c1nn[n+](-c2cccc(C(=O)NCc3ccc(S(C)(=O)=O)cc3)n2)o1. The first-order valence-corrected chi connectivity index (χ1v) is 10.7. The number of nitrogens with zero attached hydrogens (tertiary/aromatic N) is 4. The molecule has 0 aliphatic rings. The standard InChI is InChI=1S/C19H21N5O4S/c1-19(2,3)18-22-23-24(28-18)16-7-5-6-15(21-16)17(25)20-12-13-8-10-14(11-9-13)29(4,26)27/h5-11H,12H2,1-4H3/p+1. The molecule has 0 saturated carbocycles. The topological polar surface area (TPSA) is 119 Å². The molecule has 10 heteroatoms. The molecule has 0 unspecified atom stereocenters. The highest BCUT2D eigenvalue weighted by Gasteiger charge is 2.28. The Kier molecular flexibility index (Phi) is 5.47. The minimum Gasteiger partial charge on any atom is -0.345 e. The molecule has 0 aliphatic carbocycles. The van der Waals surface area contributed by atoms with Gasteiger partial charge in [-0.3, -0.25) is 9.32 Å². The Balaban J connectivity index is 1.70. The Morgan fingerprint density at radius 1 is 1.14 bits per heavy atom. The molecule has 2 aromatic heterocycles. The van der Waals surface area contributed by atoms with Gasteiger partial charge >= 0.3 is 11.7 Å². The summed E-state index contributed by atoms with van der Waals surface area (Å²) in [6.07, 6.45) is 1.15. The van der Waals surface area contributed by atoms with E-state index in [1.807, 2.05) is 20.8 Å². The summed E-state index contributed by atoms with van der Waals surface area (Å²) in [6.45, 7) is 6.08. The Labute approximate surface area is 168 Å². The van der Waals surface area contributed by atoms with E-state index in [4.69, 9.17) is 4.52 Å². The van der Waals surface area contributed by atoms with E-state index in [0.29, 0.717) is 11.7 Å². The molecule has 0 radical (unpaired) electrons. The third-order valence-corrected chi connectivity index (χ3v) is 5.13. The zero-order valence-electron chi connectivity index (χ0n) is 16.6. The average molecular weight is 416 g/mol. The molecule has 2 heterocycles. The van der Waals surface area contributed by atoms with Crippen molar-refractivity contribution in [3.8, 4) is 5.82 Å². The zero-order valence-corrected chi connectivity index (χ0v) is 17.4. The van der Waals surface area contributed by atoms with Crippen LogP contribution in [-0.2, 0) is 21.8 Å². The lowest BCUT2D eigenvalue weighted by Crippen LogP contribution is -2.34. The summed E-state index contributed by atoms with van der Waals surface area (Å²) in [4.78, 5) is 18.1. The minimum atomic E-state index is -3.25. The van der Waals surface area contributed by atoms with Gasteiger partial charge in [0.25, 0.3) is 5.91 Å². The number of nitrogens with one attached hydrogen (secondary N) is 1. The lowest BCUT2D eigenvalue weighted by Gasteiger charge is -2.06. The van der Waals surface area contributed by atoms with Crippen LogP contribution in [0.4, 0.5) is 0 Å². The van der Waals surface area contributed by atoms with Gasteiger partial charge in [-0.15, -0.1) is 0 Å². The molecule has 0 aliphatic heterocycles. The highest BCUT2D eigenvalue weighted by molar-refractivity contribution is 7.90. The van der Waals surface area contributed by atoms with Gasteiger partial charge in [-0.05, 0) is 44.5 Å². The molecule has 1 N–H and O–H groups in total. The van der Waals surface area contributed by atoms with Crippen molar-refractivity contribution < 1.29 is 22.6 Å². The number of hydrogen-bond acceptors (Lipinski definition) is 7. The first-order chi connectivity index (χ1) is 13.5. The molecule has 9 nitrogen and oxygen atoms in total. The minimum absolute atomic E-state index is 0.193. The Morgan fingerprint density at radius 2 is 1.83 bits per heavy atom. The van der Waals surface area contributed by atoms with Crippen LogP contribution in [-0.4, -0.2) is 35.9 Å². The molecule has 1 amide bonds. The van der Waals surface area contributed by atoms with Crippen LogP contribution in [0.5, 0.6) is 0 Å². The summed E-state index contributed by atoms with van der Waals surface area (Å²) in [5, 5.41) is 10.7. The number of amides is 1. The monoisotopic (exact) mass is 416 g/mol. The van der Waals surface area contributed by atoms with Crippen molar-refractivity contribution in [3.05, 3.63) is 59.6 Å². The zero-order chi connectivity index (χ0) is 21.2. The molecule has 0 spiro atoms. The van der Waals surface area contributed by atoms with Gasteiger partial charge in [0.05, 0.1) is 15.2 Å². The van der Waals surface area contributed by atoms with Crippen LogP contribution < -0.4 is 10.2 Å². The first kappa shape index (κ1) is 20.6. The van der Waals surface area contributed by atoms with Gasteiger partial charge in [-0.2, -0.15) is 0 Å². The lowest BCUT2D eigenvalue weighted by atomic mass is 9.97. The first-order valence-electron chi connectivity index (χ1n) is 8.85. The molecule has 0 atom stereocenters. The Hall–Kier alpha value is -3.14. The van der Waals surface area contributed by atoms with Gasteiger partial charge in [-0.25, -0.2) is 8.42 Å². The van der Waals surface area contributed by atoms with Gasteiger partial charge in [0, 0.05) is 24.0 Å². The van der Waals surface area contributed by atoms with Gasteiger partial charge in [0.15, 0.2) is 9.84 Å². The van der Waals surface area contributed by atoms with E-state index in [-0.39, 0.29) is 28.5 Å². The lowest BCUT2D eigenvalue weighted by molar-refractivity contribution is -0.838. The fourth-order valence-electron chi connectivity index (χ4n) is 2.36. The molecule has 0 bridgehead atoms. The molecule has 1 aromatic carbocycles. The summed E-state index contributed by atoms with van der Waals surface area (Å²) in [6, 6.07) is 11.2. The van der Waals surface area contributed by atoms with Gasteiger partial charge in [0.2, 0.25) is 5.69 Å². The molecular formula is C19H22N5O4S+. The maximum absolute atomic E-state index is 12.4. The van der Waals surface area contributed by atoms with Crippen LogP contribution in [0, 0.1) is 0 Å². The number of carbonyl (C=O) groups excluding carboxylic acids is 1. The fourth-order valence-corrected chi connectivity index (χ4v) is 2.99. The van der Waals surface area contributed by atoms with Gasteiger partial charge in [-0.1, -0.05) is 23.2 Å². The Morgan fingerprint density at radius 3 is 2.41 bits per heavy atom. The second-order valence-electron chi connectivity index (χ2n) is 7.59. The molecule has 3 rings (SSSR count). The van der Waals surface area contributed by atoms with Crippen molar-refractivity contribution in [2.75, 3.05) is 6.26 Å². The van der Waals surface area contributed by atoms with Crippen LogP contribution in [0.2, 0.25) is 0 Å². The van der Waals surface area contributed by atoms with Gasteiger partial charge in [0.1, 0.15) is 5.21 Å². The highest BCUT2D eigenvalue weighted by Crippen LogP contribution is 2.17. The van der Waals surface area contributed by atoms with Crippen molar-refractivity contribution in [1.82, 2.24) is 20.6 Å². The van der Waals surface area contributed by atoms with Crippen LogP contribution >= 0.6 is 0 Å². The number of aromatic nitrogens is 4. The fraction of sp³-hybridized carbons (Fsp3) is 0.316. The second-order valence-corrected chi connectivity index (χ2v) is 9.60. The quantitative estimate of drug-likeness (QED) is 0.624. The van der Waals surface area contributed by atoms with Crippen molar-refractivity contribution in [2.45, 2.75) is 37.6 Å². The molecule has 0 fully saturated rings. The number of pyridine rings is 1. The number of sulfone groups is 1. The third-order valence-electron chi connectivity index (χ3n) is 4.00. The third kappa shape index (κ3) is 5.02. The van der Waals surface area contributed by atoms with E-state index < -0.39 is 9.84 Å². The van der Waals surface area contributed by atoms with E-state index in [0.717, 1.165) is 11.8 Å². The largest absolute Gasteiger partial charge is 0.345 e. The van der Waals surface area contributed by atoms with Crippen molar-refractivity contribution in [2.24, 2.45) is 0 Å². The van der Waals surface area contributed by atoms with Crippen LogP contribution in [0.1, 0.15) is 42.7 Å². The molecule has 0 saturated heterocycles. The second kappa shape index (κ2) is 7.70. The predicted octanol–water partition coefficient (Wildman–Crippen LogP) is 1.37. The maximum atomic E-state index is 12.4. The summed E-state index contributed by atoms with van der Waals surface area (Å²) >= 11 is 0. The van der Waals surface area contributed by atoms with Crippen molar-refractivity contribution in [1.29, 1.82) is 0 Å². The van der Waals surface area contributed by atoms with Crippen molar-refractivity contribution >= 4 is 15.7 Å². The summed E-state index contributed by atoms with van der Waals surface area (Å²) in [7, 11) is -3.25. The predicted molar refractivity (Wildman–Crippen MR) is 103 cm³/mol. The molecule has 152 valence electrons. The smallest absolute Gasteiger partial charge is 0.344 e. The van der Waals surface area contributed by atoms with Crippen molar-refractivity contribution in [3.63, 3.8) is 0 Å². The summed E-state index contributed by atoms with van der Waals surface area (Å²) in [5.41, 5.74) is 0.654. The van der Waals surface area contributed by atoms with Crippen LogP contribution in [0.3, 0.4) is 0 Å². The van der Waals surface area contributed by atoms with Crippen LogP contribution in [0.15, 0.2) is 51.9 Å². The molecular weight excluding hydrogens is 394 g/mol. The van der Waals surface area contributed by atoms with Crippen LogP contribution in [0.25, 0.3) is 5.82 Å². The molecule has 3 aromatic rings. The number of hydrogen-bond donors (Lipinski definition) is 1.